The fraction of sp³-hybridized carbons (Fsp3) is 0.909. The highest BCUT2D eigenvalue weighted by Gasteiger charge is 2.29. The predicted molar refractivity (Wildman–Crippen MR) is 59.3 cm³/mol. The lowest BCUT2D eigenvalue weighted by Crippen LogP contribution is -2.33. The number of nitrogens with one attached hydrogen (secondary N) is 1. The van der Waals surface area contributed by atoms with Crippen LogP contribution < -0.4 is 11.1 Å². The zero-order chi connectivity index (χ0) is 11.1. The molecule has 88 valence electrons. The molecule has 1 unspecified atom stereocenters. The van der Waals surface area contributed by atoms with Crippen molar-refractivity contribution in [3.63, 3.8) is 0 Å². The first-order valence-corrected chi connectivity index (χ1v) is 5.87. The van der Waals surface area contributed by atoms with Gasteiger partial charge in [-0.15, -0.1) is 0 Å². The highest BCUT2D eigenvalue weighted by molar-refractivity contribution is 5.76. The summed E-state index contributed by atoms with van der Waals surface area (Å²) in [6, 6.07) is 0.0578. The summed E-state index contributed by atoms with van der Waals surface area (Å²) in [6.07, 6.45) is 5.55. The van der Waals surface area contributed by atoms with Crippen LogP contribution in [0.15, 0.2) is 0 Å². The first kappa shape index (κ1) is 12.5. The zero-order valence-corrected chi connectivity index (χ0v) is 9.24. The molecule has 0 radical (unpaired) electrons. The lowest BCUT2D eigenvalue weighted by atomic mass is 10.1. The van der Waals surface area contributed by atoms with Crippen molar-refractivity contribution in [1.82, 2.24) is 5.32 Å². The molecule has 0 heterocycles. The number of unbranched alkanes of at least 4 members (excludes halogenated alkanes) is 2. The van der Waals surface area contributed by atoms with E-state index in [2.05, 4.69) is 5.32 Å². The van der Waals surface area contributed by atoms with Crippen LogP contribution in [0.5, 0.6) is 0 Å². The minimum Gasteiger partial charge on any atom is -0.396 e. The number of nitrogens with two attached hydrogens (primary N) is 1. The lowest BCUT2D eigenvalue weighted by molar-refractivity contribution is -0.121. The third-order valence-corrected chi connectivity index (χ3v) is 2.81. The Labute approximate surface area is 91.2 Å². The van der Waals surface area contributed by atoms with Gasteiger partial charge < -0.3 is 16.2 Å². The van der Waals surface area contributed by atoms with Gasteiger partial charge >= 0.3 is 0 Å². The summed E-state index contributed by atoms with van der Waals surface area (Å²) < 4.78 is 0. The number of hydrogen-bond acceptors (Lipinski definition) is 3. The normalized spacial score (nSPS) is 17.5. The van der Waals surface area contributed by atoms with Crippen LogP contribution >= 0.6 is 0 Å². The number of amides is 1. The van der Waals surface area contributed by atoms with Gasteiger partial charge in [0.15, 0.2) is 0 Å². The first-order chi connectivity index (χ1) is 7.24. The molecule has 1 aliphatic rings. The number of carbonyl (C=O) groups is 1. The van der Waals surface area contributed by atoms with E-state index in [1.807, 2.05) is 0 Å². The minimum atomic E-state index is 0.0578. The molecule has 1 fully saturated rings. The van der Waals surface area contributed by atoms with Crippen molar-refractivity contribution in [2.24, 2.45) is 11.7 Å². The smallest absolute Gasteiger partial charge is 0.221 e. The summed E-state index contributed by atoms with van der Waals surface area (Å²) in [5.41, 5.74) is 5.84. The monoisotopic (exact) mass is 214 g/mol. The van der Waals surface area contributed by atoms with Crippen molar-refractivity contribution in [3.8, 4) is 0 Å². The quantitative estimate of drug-likeness (QED) is 0.512. The van der Waals surface area contributed by atoms with Gasteiger partial charge in [0.25, 0.3) is 0 Å². The Morgan fingerprint density at radius 3 is 2.73 bits per heavy atom. The van der Waals surface area contributed by atoms with E-state index in [4.69, 9.17) is 10.8 Å². The van der Waals surface area contributed by atoms with E-state index in [9.17, 15) is 4.79 Å². The number of carbonyl (C=O) groups excluding carboxylic acids is 1. The van der Waals surface area contributed by atoms with E-state index < -0.39 is 0 Å². The molecule has 1 atom stereocenters. The second-order valence-corrected chi connectivity index (χ2v) is 4.34. The summed E-state index contributed by atoms with van der Waals surface area (Å²) >= 11 is 0. The molecule has 1 saturated carbocycles. The van der Waals surface area contributed by atoms with E-state index in [1.54, 1.807) is 0 Å². The third-order valence-electron chi connectivity index (χ3n) is 2.81. The minimum absolute atomic E-state index is 0.0578. The van der Waals surface area contributed by atoms with Gasteiger partial charge in [0.2, 0.25) is 5.91 Å². The second kappa shape index (κ2) is 6.80. The molecule has 0 aliphatic heterocycles. The molecule has 0 bridgehead atoms. The van der Waals surface area contributed by atoms with Gasteiger partial charge in [-0.1, -0.05) is 0 Å². The third kappa shape index (κ3) is 5.74. The molecule has 4 nitrogen and oxygen atoms in total. The van der Waals surface area contributed by atoms with Crippen molar-refractivity contribution < 1.29 is 9.90 Å². The number of rotatable bonds is 8. The van der Waals surface area contributed by atoms with E-state index in [0.29, 0.717) is 18.9 Å². The van der Waals surface area contributed by atoms with Gasteiger partial charge in [-0.25, -0.2) is 0 Å². The van der Waals surface area contributed by atoms with Crippen LogP contribution in [0, 0.1) is 5.92 Å². The van der Waals surface area contributed by atoms with E-state index in [1.165, 1.54) is 12.8 Å². The van der Waals surface area contributed by atoms with Gasteiger partial charge in [0.05, 0.1) is 0 Å². The van der Waals surface area contributed by atoms with E-state index in [-0.39, 0.29) is 18.6 Å². The SMILES string of the molecule is NC(CC(=O)NCCCCCO)C1CC1. The maximum absolute atomic E-state index is 11.4. The van der Waals surface area contributed by atoms with Crippen molar-refractivity contribution in [1.29, 1.82) is 0 Å². The van der Waals surface area contributed by atoms with Crippen molar-refractivity contribution in [2.75, 3.05) is 13.2 Å². The molecule has 15 heavy (non-hydrogen) atoms. The van der Waals surface area contributed by atoms with Crippen LogP contribution in [-0.2, 0) is 4.79 Å². The fourth-order valence-corrected chi connectivity index (χ4v) is 1.62. The van der Waals surface area contributed by atoms with E-state index in [0.717, 1.165) is 19.3 Å². The van der Waals surface area contributed by atoms with E-state index >= 15 is 0 Å². The predicted octanol–water partition coefficient (Wildman–Crippen LogP) is 0.393. The molecule has 1 aliphatic carbocycles. The largest absolute Gasteiger partial charge is 0.396 e. The Hall–Kier alpha value is -0.610. The Balaban J connectivity index is 1.93. The van der Waals surface area contributed by atoms with Gasteiger partial charge in [0.1, 0.15) is 0 Å². The number of hydrogen-bond donors (Lipinski definition) is 3. The summed E-state index contributed by atoms with van der Waals surface area (Å²) in [5.74, 6) is 0.656. The summed E-state index contributed by atoms with van der Waals surface area (Å²) in [6.45, 7) is 0.941. The van der Waals surface area contributed by atoms with Crippen LogP contribution in [-0.4, -0.2) is 30.2 Å². The molecule has 1 amide bonds. The summed E-state index contributed by atoms with van der Waals surface area (Å²) in [4.78, 5) is 11.4. The van der Waals surface area contributed by atoms with Crippen molar-refractivity contribution >= 4 is 5.91 Å². The summed E-state index contributed by atoms with van der Waals surface area (Å²) in [7, 11) is 0. The topological polar surface area (TPSA) is 75.4 Å². The molecule has 0 aromatic carbocycles. The van der Waals surface area contributed by atoms with Crippen LogP contribution in [0.3, 0.4) is 0 Å². The standard InChI is InChI=1S/C11H22N2O2/c12-10(9-4-5-9)8-11(15)13-6-2-1-3-7-14/h9-10,14H,1-8,12H2,(H,13,15). The van der Waals surface area contributed by atoms with Gasteiger partial charge in [-0.3, -0.25) is 4.79 Å². The maximum Gasteiger partial charge on any atom is 0.221 e. The molecule has 4 heteroatoms. The molecule has 4 N–H and O–H groups in total. The number of aliphatic hydroxyl groups is 1. The summed E-state index contributed by atoms with van der Waals surface area (Å²) in [5, 5.41) is 11.4. The fourth-order valence-electron chi connectivity index (χ4n) is 1.62. The Morgan fingerprint density at radius 1 is 1.40 bits per heavy atom. The number of aliphatic hydroxyl groups excluding tert-OH is 1. The second-order valence-electron chi connectivity index (χ2n) is 4.34. The molecule has 0 saturated heterocycles. The molecule has 1 rings (SSSR count). The highest BCUT2D eigenvalue weighted by atomic mass is 16.2. The Morgan fingerprint density at radius 2 is 2.13 bits per heavy atom. The highest BCUT2D eigenvalue weighted by Crippen LogP contribution is 2.32. The van der Waals surface area contributed by atoms with Crippen LogP contribution in [0.4, 0.5) is 0 Å². The lowest BCUT2D eigenvalue weighted by Gasteiger charge is -2.10. The Bertz CT molecular complexity index is 193. The molecule has 0 aromatic rings. The van der Waals surface area contributed by atoms with Crippen LogP contribution in [0.2, 0.25) is 0 Å². The van der Waals surface area contributed by atoms with Gasteiger partial charge in [-0.05, 0) is 38.0 Å². The molecule has 0 spiro atoms. The van der Waals surface area contributed by atoms with Crippen molar-refractivity contribution in [3.05, 3.63) is 0 Å². The van der Waals surface area contributed by atoms with Crippen LogP contribution in [0.25, 0.3) is 0 Å². The van der Waals surface area contributed by atoms with Crippen molar-refractivity contribution in [2.45, 2.75) is 44.6 Å². The Kier molecular flexibility index (Phi) is 5.65. The average molecular weight is 214 g/mol. The molecular weight excluding hydrogens is 192 g/mol. The average Bonchev–Trinajstić information content (AvgIpc) is 3.00. The van der Waals surface area contributed by atoms with Gasteiger partial charge in [-0.2, -0.15) is 0 Å². The van der Waals surface area contributed by atoms with Crippen LogP contribution in [0.1, 0.15) is 38.5 Å². The first-order valence-electron chi connectivity index (χ1n) is 5.87. The maximum atomic E-state index is 11.4. The zero-order valence-electron chi connectivity index (χ0n) is 9.24. The molecular formula is C11H22N2O2. The van der Waals surface area contributed by atoms with Gasteiger partial charge in [0, 0.05) is 25.6 Å². The molecule has 0 aromatic heterocycles.